The summed E-state index contributed by atoms with van der Waals surface area (Å²) < 4.78 is 10.7. The lowest BCUT2D eigenvalue weighted by Crippen LogP contribution is -2.28. The molecule has 0 aromatic heterocycles. The zero-order valence-electron chi connectivity index (χ0n) is 44.4. The van der Waals surface area contributed by atoms with Gasteiger partial charge in [0.2, 0.25) is 0 Å². The van der Waals surface area contributed by atoms with Crippen LogP contribution in [0.25, 0.3) is 0 Å². The molecule has 0 heterocycles. The second-order valence-corrected chi connectivity index (χ2v) is 19.3. The van der Waals surface area contributed by atoms with Crippen molar-refractivity contribution in [3.63, 3.8) is 0 Å². The molecule has 0 aromatic rings. The summed E-state index contributed by atoms with van der Waals surface area (Å²) in [5.74, 6) is -0.599. The van der Waals surface area contributed by atoms with Gasteiger partial charge in [0.05, 0.1) is 6.61 Å². The normalized spacial score (nSPS) is 12.7. The summed E-state index contributed by atoms with van der Waals surface area (Å²) >= 11 is 0. The van der Waals surface area contributed by atoms with E-state index >= 15 is 0 Å². The Morgan fingerprint density at radius 2 is 0.642 bits per heavy atom. The van der Waals surface area contributed by atoms with Crippen LogP contribution in [0.2, 0.25) is 0 Å². The SMILES string of the molecule is CC/C=C\C/C=C\C/C=C\C/C=C\C/C=C\C/C=C\CCCCCCCCC(=O)OC(CO)COC(=O)CCCCCCCCCCCCCCCCCCCCCCCCCCCCCC. The first-order chi connectivity index (χ1) is 33.1. The maximum Gasteiger partial charge on any atom is 0.306 e. The van der Waals surface area contributed by atoms with Gasteiger partial charge >= 0.3 is 11.9 Å². The number of unbranched alkanes of at least 4 members (excludes halogenated alkanes) is 33. The number of ether oxygens (including phenoxy) is 2. The van der Waals surface area contributed by atoms with Crippen LogP contribution in [0.4, 0.5) is 0 Å². The van der Waals surface area contributed by atoms with Crippen LogP contribution in [0.5, 0.6) is 0 Å². The van der Waals surface area contributed by atoms with Crippen molar-refractivity contribution in [3.8, 4) is 0 Å². The van der Waals surface area contributed by atoms with Gasteiger partial charge in [0.1, 0.15) is 6.61 Å². The van der Waals surface area contributed by atoms with E-state index in [-0.39, 0.29) is 25.2 Å². The summed E-state index contributed by atoms with van der Waals surface area (Å²) in [6, 6.07) is 0. The second-order valence-electron chi connectivity index (χ2n) is 19.3. The van der Waals surface area contributed by atoms with E-state index in [2.05, 4.69) is 86.8 Å². The Kier molecular flexibility index (Phi) is 55.4. The summed E-state index contributed by atoms with van der Waals surface area (Å²) in [5.41, 5.74) is 0. The van der Waals surface area contributed by atoms with Crippen molar-refractivity contribution < 1.29 is 24.2 Å². The minimum Gasteiger partial charge on any atom is -0.462 e. The van der Waals surface area contributed by atoms with Crippen LogP contribution in [0.3, 0.4) is 0 Å². The highest BCUT2D eigenvalue weighted by atomic mass is 16.6. The zero-order valence-corrected chi connectivity index (χ0v) is 44.4. The van der Waals surface area contributed by atoms with E-state index in [4.69, 9.17) is 9.47 Å². The fourth-order valence-electron chi connectivity index (χ4n) is 8.44. The Morgan fingerprint density at radius 3 is 0.970 bits per heavy atom. The first-order valence-electron chi connectivity index (χ1n) is 29.0. The van der Waals surface area contributed by atoms with Crippen molar-refractivity contribution in [3.05, 3.63) is 72.9 Å². The number of carbonyl (C=O) groups excluding carboxylic acids is 2. The molecule has 0 saturated carbocycles. The Bertz CT molecular complexity index is 1190. The van der Waals surface area contributed by atoms with E-state index in [0.29, 0.717) is 12.8 Å². The van der Waals surface area contributed by atoms with Gasteiger partial charge in [-0.15, -0.1) is 0 Å². The molecule has 1 N–H and O–H groups in total. The summed E-state index contributed by atoms with van der Waals surface area (Å²) in [7, 11) is 0. The number of esters is 2. The molecule has 0 bridgehead atoms. The second kappa shape index (κ2) is 57.7. The number of allylic oxidation sites excluding steroid dienone is 12. The maximum absolute atomic E-state index is 12.3. The van der Waals surface area contributed by atoms with Crippen molar-refractivity contribution in [1.82, 2.24) is 0 Å². The highest BCUT2D eigenvalue weighted by Crippen LogP contribution is 2.17. The van der Waals surface area contributed by atoms with Crippen molar-refractivity contribution >= 4 is 11.9 Å². The fraction of sp³-hybridized carbons (Fsp3) is 0.774. The van der Waals surface area contributed by atoms with Crippen LogP contribution < -0.4 is 0 Å². The molecule has 0 saturated heterocycles. The lowest BCUT2D eigenvalue weighted by atomic mass is 10.0. The Balaban J connectivity index is 3.49. The number of hydrogen-bond donors (Lipinski definition) is 1. The van der Waals surface area contributed by atoms with Gasteiger partial charge < -0.3 is 14.6 Å². The zero-order chi connectivity index (χ0) is 48.5. The van der Waals surface area contributed by atoms with Gasteiger partial charge in [-0.2, -0.15) is 0 Å². The smallest absolute Gasteiger partial charge is 0.306 e. The largest absolute Gasteiger partial charge is 0.462 e. The van der Waals surface area contributed by atoms with E-state index in [1.165, 1.54) is 180 Å². The monoisotopic (exact) mass is 935 g/mol. The molecule has 67 heavy (non-hydrogen) atoms. The van der Waals surface area contributed by atoms with Gasteiger partial charge in [-0.25, -0.2) is 0 Å². The molecule has 0 radical (unpaired) electrons. The third-order valence-electron chi connectivity index (χ3n) is 12.8. The first kappa shape index (κ1) is 64.3. The Hall–Kier alpha value is -2.66. The number of aliphatic hydroxyl groups excluding tert-OH is 1. The number of aliphatic hydroxyl groups is 1. The summed E-state index contributed by atoms with van der Waals surface area (Å²) in [4.78, 5) is 24.5. The van der Waals surface area contributed by atoms with Gasteiger partial charge in [-0.3, -0.25) is 9.59 Å². The number of carbonyl (C=O) groups is 2. The molecule has 0 aliphatic carbocycles. The van der Waals surface area contributed by atoms with Crippen molar-refractivity contribution in [1.29, 1.82) is 0 Å². The molecule has 5 nitrogen and oxygen atoms in total. The third kappa shape index (κ3) is 55.8. The minimum absolute atomic E-state index is 0.0720. The molecule has 0 amide bonds. The predicted octanol–water partition coefficient (Wildman–Crippen LogP) is 19.6. The standard InChI is InChI=1S/C62H110O5/c1-3-5-7-9-11-13-15-17-19-21-23-25-27-29-30-31-33-34-36-38-40-42-44-46-48-50-52-54-56-61(64)66-59-60(58-63)67-62(65)57-55-53-51-49-47-45-43-41-39-37-35-32-28-26-24-22-20-18-16-14-12-10-8-6-4-2/h6,8,12,14,18,20,24,26,32,35,39,41,60,63H,3-5,7,9-11,13,15-17,19,21-23,25,27-31,33-34,36-38,40,42-59H2,1-2H3/b8-6-,14-12-,20-18-,26-24-,35-32-,41-39-. The van der Waals surface area contributed by atoms with Crippen LogP contribution in [0, 0.1) is 0 Å². The van der Waals surface area contributed by atoms with Crippen LogP contribution in [0.15, 0.2) is 72.9 Å². The molecule has 0 fully saturated rings. The van der Waals surface area contributed by atoms with Gasteiger partial charge in [0.25, 0.3) is 0 Å². The van der Waals surface area contributed by atoms with Crippen molar-refractivity contribution in [2.75, 3.05) is 13.2 Å². The van der Waals surface area contributed by atoms with E-state index < -0.39 is 6.10 Å². The Labute approximate surface area is 416 Å². The molecule has 0 aliphatic rings. The molecule has 0 aliphatic heterocycles. The topological polar surface area (TPSA) is 72.8 Å². The average Bonchev–Trinajstić information content (AvgIpc) is 3.33. The quantitative estimate of drug-likeness (QED) is 0.0374. The maximum atomic E-state index is 12.3. The van der Waals surface area contributed by atoms with E-state index in [0.717, 1.165) is 83.5 Å². The number of hydrogen-bond acceptors (Lipinski definition) is 5. The van der Waals surface area contributed by atoms with Crippen LogP contribution in [-0.2, 0) is 19.1 Å². The van der Waals surface area contributed by atoms with Crippen LogP contribution in [0.1, 0.15) is 290 Å². The molecule has 0 spiro atoms. The van der Waals surface area contributed by atoms with E-state index in [9.17, 15) is 14.7 Å². The average molecular weight is 936 g/mol. The highest BCUT2D eigenvalue weighted by Gasteiger charge is 2.16. The first-order valence-corrected chi connectivity index (χ1v) is 29.0. The molecular formula is C62H110O5. The van der Waals surface area contributed by atoms with E-state index in [1.54, 1.807) is 0 Å². The molecular weight excluding hydrogens is 825 g/mol. The highest BCUT2D eigenvalue weighted by molar-refractivity contribution is 5.70. The summed E-state index contributed by atoms with van der Waals surface area (Å²) in [6.45, 7) is 4.05. The molecule has 1 unspecified atom stereocenters. The molecule has 5 heteroatoms. The lowest BCUT2D eigenvalue weighted by molar-refractivity contribution is -0.161. The molecule has 0 rings (SSSR count). The predicted molar refractivity (Wildman–Crippen MR) is 293 cm³/mol. The Morgan fingerprint density at radius 1 is 0.358 bits per heavy atom. The van der Waals surface area contributed by atoms with Crippen molar-refractivity contribution in [2.45, 2.75) is 296 Å². The summed E-state index contributed by atoms with van der Waals surface area (Å²) in [6.07, 6.45) is 78.8. The fourth-order valence-corrected chi connectivity index (χ4v) is 8.44. The summed E-state index contributed by atoms with van der Waals surface area (Å²) in [5, 5.41) is 9.66. The van der Waals surface area contributed by atoms with Gasteiger partial charge in [-0.1, -0.05) is 286 Å². The van der Waals surface area contributed by atoms with Crippen LogP contribution >= 0.6 is 0 Å². The van der Waals surface area contributed by atoms with Gasteiger partial charge in [-0.05, 0) is 64.2 Å². The van der Waals surface area contributed by atoms with Crippen LogP contribution in [-0.4, -0.2) is 36.4 Å². The van der Waals surface area contributed by atoms with Gasteiger partial charge in [0.15, 0.2) is 6.10 Å². The third-order valence-corrected chi connectivity index (χ3v) is 12.8. The molecule has 0 aromatic carbocycles. The van der Waals surface area contributed by atoms with Gasteiger partial charge in [0, 0.05) is 12.8 Å². The molecule has 1 atom stereocenters. The lowest BCUT2D eigenvalue weighted by Gasteiger charge is -2.15. The molecule has 388 valence electrons. The minimum atomic E-state index is -0.783. The van der Waals surface area contributed by atoms with E-state index in [1.807, 2.05) is 0 Å². The van der Waals surface area contributed by atoms with Crippen molar-refractivity contribution in [2.24, 2.45) is 0 Å². The number of rotatable bonds is 53.